The number of hydrogen-bond donors (Lipinski definition) is 2. The fraction of sp³-hybridized carbons (Fsp3) is 0.562. The Morgan fingerprint density at radius 1 is 1.39 bits per heavy atom. The summed E-state index contributed by atoms with van der Waals surface area (Å²) in [5.41, 5.74) is -0.214. The lowest BCUT2D eigenvalue weighted by molar-refractivity contribution is -0.0971. The van der Waals surface area contributed by atoms with Crippen molar-refractivity contribution in [1.29, 1.82) is 0 Å². The molecule has 128 valence electrons. The first-order chi connectivity index (χ1) is 10.9. The van der Waals surface area contributed by atoms with Gasteiger partial charge >= 0.3 is 6.09 Å². The maximum absolute atomic E-state index is 14.8. The van der Waals surface area contributed by atoms with Gasteiger partial charge in [0, 0.05) is 24.7 Å². The average Bonchev–Trinajstić information content (AvgIpc) is 2.52. The Hall–Kier alpha value is -1.89. The maximum Gasteiger partial charge on any atom is 0.408 e. The van der Waals surface area contributed by atoms with E-state index in [4.69, 9.17) is 4.74 Å². The Bertz CT molecular complexity index is 537. The number of piperazine rings is 1. The van der Waals surface area contributed by atoms with E-state index in [9.17, 15) is 18.7 Å². The number of benzene rings is 1. The van der Waals surface area contributed by atoms with Crippen LogP contribution in [0.15, 0.2) is 24.3 Å². The van der Waals surface area contributed by atoms with Gasteiger partial charge in [-0.25, -0.2) is 4.79 Å². The number of rotatable bonds is 5. The number of alkyl halides is 2. The molecule has 5 nitrogen and oxygen atoms in total. The second kappa shape index (κ2) is 7.12. The standard InChI is InChI=1S/C16H22F2N2O3/c1-3-8-23-13-6-4-12(5-7-13)16(17,18)14-10-19-9-11(2)20(14)15(21)22/h4-7,11,14,19H,3,8-10H2,1-2H3,(H,21,22). The summed E-state index contributed by atoms with van der Waals surface area (Å²) in [5.74, 6) is -2.76. The second-order valence-corrected chi connectivity index (χ2v) is 5.71. The second-order valence-electron chi connectivity index (χ2n) is 5.71. The Balaban J connectivity index is 2.23. The number of hydrogen-bond acceptors (Lipinski definition) is 3. The lowest BCUT2D eigenvalue weighted by Gasteiger charge is -2.42. The first-order valence-electron chi connectivity index (χ1n) is 7.71. The fourth-order valence-electron chi connectivity index (χ4n) is 2.74. The Labute approximate surface area is 134 Å². The molecule has 0 spiro atoms. The molecular formula is C16H22F2N2O3. The van der Waals surface area contributed by atoms with E-state index in [1.54, 1.807) is 6.92 Å². The molecule has 1 aliphatic heterocycles. The number of carbonyl (C=O) groups is 1. The normalized spacial score (nSPS) is 22.0. The molecule has 1 aromatic carbocycles. The molecule has 1 fully saturated rings. The summed E-state index contributed by atoms with van der Waals surface area (Å²) in [6.45, 7) is 4.37. The van der Waals surface area contributed by atoms with Crippen molar-refractivity contribution in [2.45, 2.75) is 38.3 Å². The Kier molecular flexibility index (Phi) is 5.41. The third-order valence-electron chi connectivity index (χ3n) is 3.94. The molecule has 1 saturated heterocycles. The molecule has 1 aliphatic rings. The van der Waals surface area contributed by atoms with Crippen LogP contribution in [-0.4, -0.2) is 47.9 Å². The highest BCUT2D eigenvalue weighted by atomic mass is 19.3. The van der Waals surface area contributed by atoms with Gasteiger partial charge in [-0.1, -0.05) is 6.92 Å². The molecule has 23 heavy (non-hydrogen) atoms. The molecule has 1 amide bonds. The molecule has 2 atom stereocenters. The third kappa shape index (κ3) is 3.72. The van der Waals surface area contributed by atoms with Gasteiger partial charge in [0.05, 0.1) is 6.61 Å². The van der Waals surface area contributed by atoms with Crippen LogP contribution in [0.4, 0.5) is 13.6 Å². The van der Waals surface area contributed by atoms with Gasteiger partial charge in [0.25, 0.3) is 5.92 Å². The number of nitrogens with zero attached hydrogens (tertiary/aromatic N) is 1. The van der Waals surface area contributed by atoms with Gasteiger partial charge in [-0.3, -0.25) is 4.90 Å². The maximum atomic E-state index is 14.8. The third-order valence-corrected chi connectivity index (χ3v) is 3.94. The van der Waals surface area contributed by atoms with Crippen LogP contribution in [0.25, 0.3) is 0 Å². The number of amides is 1. The van der Waals surface area contributed by atoms with E-state index in [1.807, 2.05) is 6.92 Å². The van der Waals surface area contributed by atoms with E-state index >= 15 is 0 Å². The monoisotopic (exact) mass is 328 g/mol. The van der Waals surface area contributed by atoms with Crippen LogP contribution in [0.1, 0.15) is 25.8 Å². The van der Waals surface area contributed by atoms with E-state index in [0.29, 0.717) is 18.9 Å². The molecular weight excluding hydrogens is 306 g/mol. The molecule has 0 bridgehead atoms. The summed E-state index contributed by atoms with van der Waals surface area (Å²) in [6, 6.07) is 3.62. The SMILES string of the molecule is CCCOc1ccc(C(F)(F)C2CNCC(C)N2C(=O)O)cc1. The predicted octanol–water partition coefficient (Wildman–Crippen LogP) is 2.91. The summed E-state index contributed by atoms with van der Waals surface area (Å²) in [4.78, 5) is 12.2. The molecule has 0 saturated carbocycles. The van der Waals surface area contributed by atoms with Gasteiger partial charge in [0.2, 0.25) is 0 Å². The summed E-state index contributed by atoms with van der Waals surface area (Å²) in [7, 11) is 0. The van der Waals surface area contributed by atoms with E-state index in [0.717, 1.165) is 11.3 Å². The Morgan fingerprint density at radius 3 is 2.61 bits per heavy atom. The van der Waals surface area contributed by atoms with Crippen LogP contribution in [0.3, 0.4) is 0 Å². The smallest absolute Gasteiger partial charge is 0.408 e. The van der Waals surface area contributed by atoms with Crippen LogP contribution in [0.2, 0.25) is 0 Å². The van der Waals surface area contributed by atoms with Gasteiger partial charge < -0.3 is 15.2 Å². The molecule has 7 heteroatoms. The molecule has 2 N–H and O–H groups in total. The van der Waals surface area contributed by atoms with E-state index in [2.05, 4.69) is 5.32 Å². The lowest BCUT2D eigenvalue weighted by Crippen LogP contribution is -2.63. The molecule has 1 aromatic rings. The summed E-state index contributed by atoms with van der Waals surface area (Å²) in [5, 5.41) is 12.2. The van der Waals surface area contributed by atoms with E-state index in [1.165, 1.54) is 24.3 Å². The van der Waals surface area contributed by atoms with Crippen LogP contribution < -0.4 is 10.1 Å². The van der Waals surface area contributed by atoms with Crippen molar-refractivity contribution in [3.05, 3.63) is 29.8 Å². The predicted molar refractivity (Wildman–Crippen MR) is 82.1 cm³/mol. The number of carboxylic acid groups (broad SMARTS) is 1. The van der Waals surface area contributed by atoms with Crippen molar-refractivity contribution in [1.82, 2.24) is 10.2 Å². The van der Waals surface area contributed by atoms with Gasteiger partial charge in [0.15, 0.2) is 0 Å². The topological polar surface area (TPSA) is 61.8 Å². The lowest BCUT2D eigenvalue weighted by atomic mass is 9.96. The van der Waals surface area contributed by atoms with Gasteiger partial charge in [-0.2, -0.15) is 8.78 Å². The van der Waals surface area contributed by atoms with E-state index in [-0.39, 0.29) is 12.1 Å². The summed E-state index contributed by atoms with van der Waals surface area (Å²) < 4.78 is 35.0. The van der Waals surface area contributed by atoms with E-state index < -0.39 is 24.1 Å². The van der Waals surface area contributed by atoms with Crippen molar-refractivity contribution in [3.8, 4) is 5.75 Å². The molecule has 0 radical (unpaired) electrons. The number of nitrogens with one attached hydrogen (secondary N) is 1. The van der Waals surface area contributed by atoms with Crippen molar-refractivity contribution in [2.24, 2.45) is 0 Å². The van der Waals surface area contributed by atoms with Crippen LogP contribution in [0.5, 0.6) is 5.75 Å². The van der Waals surface area contributed by atoms with Crippen LogP contribution in [-0.2, 0) is 5.92 Å². The largest absolute Gasteiger partial charge is 0.494 e. The molecule has 0 aliphatic carbocycles. The van der Waals surface area contributed by atoms with Gasteiger partial charge in [-0.05, 0) is 37.6 Å². The van der Waals surface area contributed by atoms with Crippen molar-refractivity contribution in [2.75, 3.05) is 19.7 Å². The fourth-order valence-corrected chi connectivity index (χ4v) is 2.74. The van der Waals surface area contributed by atoms with Crippen molar-refractivity contribution >= 4 is 6.09 Å². The molecule has 1 heterocycles. The highest BCUT2D eigenvalue weighted by molar-refractivity contribution is 5.66. The number of halogens is 2. The average molecular weight is 328 g/mol. The minimum Gasteiger partial charge on any atom is -0.494 e. The van der Waals surface area contributed by atoms with Crippen molar-refractivity contribution < 1.29 is 23.4 Å². The quantitative estimate of drug-likeness (QED) is 0.872. The van der Waals surface area contributed by atoms with Gasteiger partial charge in [-0.15, -0.1) is 0 Å². The first kappa shape index (κ1) is 17.5. The summed E-state index contributed by atoms with van der Waals surface area (Å²) >= 11 is 0. The van der Waals surface area contributed by atoms with Crippen molar-refractivity contribution in [3.63, 3.8) is 0 Å². The zero-order valence-electron chi connectivity index (χ0n) is 13.3. The highest BCUT2D eigenvalue weighted by Crippen LogP contribution is 2.37. The first-order valence-corrected chi connectivity index (χ1v) is 7.71. The van der Waals surface area contributed by atoms with Gasteiger partial charge in [0.1, 0.15) is 11.8 Å². The zero-order valence-corrected chi connectivity index (χ0v) is 13.3. The Morgan fingerprint density at radius 2 is 2.04 bits per heavy atom. The minimum atomic E-state index is -3.29. The summed E-state index contributed by atoms with van der Waals surface area (Å²) in [6.07, 6.45) is -0.497. The van der Waals surface area contributed by atoms with Crippen LogP contribution >= 0.6 is 0 Å². The molecule has 2 unspecified atom stereocenters. The molecule has 2 rings (SSSR count). The van der Waals surface area contributed by atoms with Crippen LogP contribution in [0, 0.1) is 0 Å². The number of ether oxygens (including phenoxy) is 1. The molecule has 0 aromatic heterocycles. The minimum absolute atomic E-state index is 0.0856. The zero-order chi connectivity index (χ0) is 17.0. The highest BCUT2D eigenvalue weighted by Gasteiger charge is 2.49.